The maximum Gasteiger partial charge on any atom is 0.319 e. The van der Waals surface area contributed by atoms with Crippen molar-refractivity contribution in [3.63, 3.8) is 0 Å². The van der Waals surface area contributed by atoms with E-state index >= 15 is 0 Å². The van der Waals surface area contributed by atoms with Gasteiger partial charge in [-0.05, 0) is 43.4 Å². The second-order valence-electron chi connectivity index (χ2n) is 6.16. The van der Waals surface area contributed by atoms with E-state index in [9.17, 15) is 4.79 Å². The van der Waals surface area contributed by atoms with Gasteiger partial charge in [0.25, 0.3) is 0 Å². The average Bonchev–Trinajstić information content (AvgIpc) is 2.53. The number of nitrogens with one attached hydrogen (secondary N) is 2. The second-order valence-corrected chi connectivity index (χ2v) is 6.16. The molecule has 5 heteroatoms. The Morgan fingerprint density at radius 3 is 2.64 bits per heavy atom. The highest BCUT2D eigenvalue weighted by molar-refractivity contribution is 5.91. The zero-order valence-electron chi connectivity index (χ0n) is 13.8. The molecule has 0 unspecified atom stereocenters. The zero-order valence-corrected chi connectivity index (χ0v) is 13.8. The first-order valence-corrected chi connectivity index (χ1v) is 8.08. The fourth-order valence-electron chi connectivity index (χ4n) is 2.61. The SMILES string of the molecule is COc1ccc(N2CCCCC2)cc1NC(=O)NCC(C)C. The predicted molar refractivity (Wildman–Crippen MR) is 90.9 cm³/mol. The normalized spacial score (nSPS) is 14.8. The largest absolute Gasteiger partial charge is 0.495 e. The molecular formula is C17H27N3O2. The van der Waals surface area contributed by atoms with Gasteiger partial charge in [0.05, 0.1) is 12.8 Å². The topological polar surface area (TPSA) is 53.6 Å². The van der Waals surface area contributed by atoms with Gasteiger partial charge in [-0.1, -0.05) is 13.8 Å². The van der Waals surface area contributed by atoms with Crippen LogP contribution in [0.4, 0.5) is 16.2 Å². The Labute approximate surface area is 133 Å². The van der Waals surface area contributed by atoms with Crippen molar-refractivity contribution in [2.75, 3.05) is 37.0 Å². The summed E-state index contributed by atoms with van der Waals surface area (Å²) in [6.07, 6.45) is 3.75. The molecule has 1 aliphatic rings. The molecule has 122 valence electrons. The van der Waals surface area contributed by atoms with Crippen molar-refractivity contribution in [3.05, 3.63) is 18.2 Å². The van der Waals surface area contributed by atoms with Crippen molar-refractivity contribution >= 4 is 17.4 Å². The molecule has 22 heavy (non-hydrogen) atoms. The Morgan fingerprint density at radius 1 is 1.27 bits per heavy atom. The van der Waals surface area contributed by atoms with Gasteiger partial charge < -0.3 is 20.3 Å². The number of amides is 2. The van der Waals surface area contributed by atoms with Crippen molar-refractivity contribution in [1.82, 2.24) is 5.32 Å². The average molecular weight is 305 g/mol. The summed E-state index contributed by atoms with van der Waals surface area (Å²) in [5.41, 5.74) is 1.85. The summed E-state index contributed by atoms with van der Waals surface area (Å²) in [5, 5.41) is 5.76. The Kier molecular flexibility index (Phi) is 5.92. The van der Waals surface area contributed by atoms with E-state index in [1.807, 2.05) is 12.1 Å². The van der Waals surface area contributed by atoms with E-state index in [2.05, 4.69) is 35.4 Å². The third kappa shape index (κ3) is 4.55. The Balaban J connectivity index is 2.08. The Morgan fingerprint density at radius 2 is 2.00 bits per heavy atom. The highest BCUT2D eigenvalue weighted by Crippen LogP contribution is 2.30. The summed E-state index contributed by atoms with van der Waals surface area (Å²) < 4.78 is 5.35. The molecule has 5 nitrogen and oxygen atoms in total. The molecule has 2 rings (SSSR count). The smallest absolute Gasteiger partial charge is 0.319 e. The van der Waals surface area contributed by atoms with Gasteiger partial charge in [0.2, 0.25) is 0 Å². The van der Waals surface area contributed by atoms with Crippen LogP contribution in [0.15, 0.2) is 18.2 Å². The maximum atomic E-state index is 12.0. The molecule has 0 bridgehead atoms. The molecule has 1 aromatic rings. The van der Waals surface area contributed by atoms with Gasteiger partial charge in [-0.3, -0.25) is 0 Å². The summed E-state index contributed by atoms with van der Waals surface area (Å²) in [6, 6.07) is 5.78. The van der Waals surface area contributed by atoms with Crippen LogP contribution in [0, 0.1) is 5.92 Å². The van der Waals surface area contributed by atoms with Crippen LogP contribution in [0.1, 0.15) is 33.1 Å². The van der Waals surface area contributed by atoms with Crippen molar-refractivity contribution in [2.24, 2.45) is 5.92 Å². The van der Waals surface area contributed by atoms with E-state index in [-0.39, 0.29) is 6.03 Å². The molecule has 1 aromatic carbocycles. The van der Waals surface area contributed by atoms with Gasteiger partial charge in [0, 0.05) is 25.3 Å². The number of rotatable bonds is 5. The molecule has 0 aliphatic carbocycles. The molecule has 1 heterocycles. The van der Waals surface area contributed by atoms with Crippen LogP contribution in [-0.2, 0) is 0 Å². The van der Waals surface area contributed by atoms with Crippen LogP contribution in [0.3, 0.4) is 0 Å². The number of hydrogen-bond acceptors (Lipinski definition) is 3. The maximum absolute atomic E-state index is 12.0. The molecule has 0 radical (unpaired) electrons. The predicted octanol–water partition coefficient (Wildman–Crippen LogP) is 3.46. The van der Waals surface area contributed by atoms with E-state index in [4.69, 9.17) is 4.74 Å². The van der Waals surface area contributed by atoms with Crippen molar-refractivity contribution in [3.8, 4) is 5.75 Å². The molecule has 1 saturated heterocycles. The Bertz CT molecular complexity index is 497. The molecule has 0 atom stereocenters. The number of carbonyl (C=O) groups is 1. The summed E-state index contributed by atoms with van der Waals surface area (Å²) >= 11 is 0. The lowest BCUT2D eigenvalue weighted by Gasteiger charge is -2.29. The van der Waals surface area contributed by atoms with E-state index in [1.54, 1.807) is 7.11 Å². The lowest BCUT2D eigenvalue weighted by molar-refractivity contribution is 0.250. The molecule has 0 aromatic heterocycles. The Hall–Kier alpha value is -1.91. The van der Waals surface area contributed by atoms with Crippen LogP contribution < -0.4 is 20.3 Å². The number of benzene rings is 1. The minimum atomic E-state index is -0.192. The third-order valence-electron chi connectivity index (χ3n) is 3.82. The minimum absolute atomic E-state index is 0.192. The molecule has 1 fully saturated rings. The van der Waals surface area contributed by atoms with E-state index < -0.39 is 0 Å². The van der Waals surface area contributed by atoms with Gasteiger partial charge in [-0.25, -0.2) is 4.79 Å². The standard InChI is InChI=1S/C17H27N3O2/c1-13(2)12-18-17(21)19-15-11-14(7-8-16(15)22-3)20-9-5-4-6-10-20/h7-8,11,13H,4-6,9-10,12H2,1-3H3,(H2,18,19,21). The number of methoxy groups -OCH3 is 1. The number of urea groups is 1. The van der Waals surface area contributed by atoms with Gasteiger partial charge in [-0.2, -0.15) is 0 Å². The molecular weight excluding hydrogens is 278 g/mol. The van der Waals surface area contributed by atoms with Gasteiger partial charge in [-0.15, -0.1) is 0 Å². The highest BCUT2D eigenvalue weighted by Gasteiger charge is 2.14. The number of piperidine rings is 1. The lowest BCUT2D eigenvalue weighted by Crippen LogP contribution is -2.32. The van der Waals surface area contributed by atoms with Crippen molar-refractivity contribution < 1.29 is 9.53 Å². The van der Waals surface area contributed by atoms with E-state index in [0.717, 1.165) is 18.8 Å². The first-order chi connectivity index (χ1) is 10.6. The summed E-state index contributed by atoms with van der Waals surface area (Å²) in [6.45, 7) is 6.94. The zero-order chi connectivity index (χ0) is 15.9. The van der Waals surface area contributed by atoms with Crippen LogP contribution in [0.2, 0.25) is 0 Å². The van der Waals surface area contributed by atoms with Crippen molar-refractivity contribution in [1.29, 1.82) is 0 Å². The van der Waals surface area contributed by atoms with Gasteiger partial charge in [0.1, 0.15) is 5.75 Å². The molecule has 0 spiro atoms. The summed E-state index contributed by atoms with van der Waals surface area (Å²) in [4.78, 5) is 14.3. The van der Waals surface area contributed by atoms with E-state index in [1.165, 1.54) is 19.3 Å². The molecule has 1 aliphatic heterocycles. The fourth-order valence-corrected chi connectivity index (χ4v) is 2.61. The van der Waals surface area contributed by atoms with Crippen LogP contribution in [0.25, 0.3) is 0 Å². The number of carbonyl (C=O) groups excluding carboxylic acids is 1. The molecule has 0 saturated carbocycles. The number of ether oxygens (including phenoxy) is 1. The number of anilines is 2. The summed E-state index contributed by atoms with van der Waals surface area (Å²) in [5.74, 6) is 1.10. The number of nitrogens with zero attached hydrogens (tertiary/aromatic N) is 1. The van der Waals surface area contributed by atoms with Crippen LogP contribution in [0.5, 0.6) is 5.75 Å². The quantitative estimate of drug-likeness (QED) is 0.876. The monoisotopic (exact) mass is 305 g/mol. The van der Waals surface area contributed by atoms with Gasteiger partial charge in [0.15, 0.2) is 0 Å². The first-order valence-electron chi connectivity index (χ1n) is 8.08. The fraction of sp³-hybridized carbons (Fsp3) is 0.588. The van der Waals surface area contributed by atoms with Crippen molar-refractivity contribution in [2.45, 2.75) is 33.1 Å². The van der Waals surface area contributed by atoms with Crippen LogP contribution in [-0.4, -0.2) is 32.8 Å². The van der Waals surface area contributed by atoms with E-state index in [0.29, 0.717) is 23.9 Å². The molecule has 2 N–H and O–H groups in total. The highest BCUT2D eigenvalue weighted by atomic mass is 16.5. The first kappa shape index (κ1) is 16.5. The second kappa shape index (κ2) is 7.92. The lowest BCUT2D eigenvalue weighted by atomic mass is 10.1. The van der Waals surface area contributed by atoms with Gasteiger partial charge >= 0.3 is 6.03 Å². The summed E-state index contributed by atoms with van der Waals surface area (Å²) in [7, 11) is 1.62. The number of hydrogen-bond donors (Lipinski definition) is 2. The molecule has 2 amide bonds. The third-order valence-corrected chi connectivity index (χ3v) is 3.82. The van der Waals surface area contributed by atoms with Crippen LogP contribution >= 0.6 is 0 Å². The minimum Gasteiger partial charge on any atom is -0.495 e.